The number of rotatable bonds is 7. The standard InChI is InChI=1S/C20H29N5O3S.HI/c1-3-13-29(26,27)25-11-9-17(10-12-25)24-20(21-2)22-14-18-15-28-19(23-18)16-7-5-4-6-8-16;/h4-8,15,17H,3,9-14H2,1-2H3,(H2,21,22,24);1H. The zero-order valence-corrected chi connectivity index (χ0v) is 20.5. The van der Waals surface area contributed by atoms with Crippen LogP contribution in [0.1, 0.15) is 31.9 Å². The second-order valence-corrected chi connectivity index (χ2v) is 9.16. The summed E-state index contributed by atoms with van der Waals surface area (Å²) >= 11 is 0. The molecule has 0 unspecified atom stereocenters. The average molecular weight is 547 g/mol. The van der Waals surface area contributed by atoms with Crippen LogP contribution in [0, 0.1) is 0 Å². The van der Waals surface area contributed by atoms with E-state index in [0.717, 1.165) is 24.1 Å². The predicted octanol–water partition coefficient (Wildman–Crippen LogP) is 2.83. The maximum Gasteiger partial charge on any atom is 0.226 e. The van der Waals surface area contributed by atoms with Gasteiger partial charge in [0, 0.05) is 31.7 Å². The highest BCUT2D eigenvalue weighted by Crippen LogP contribution is 2.18. The lowest BCUT2D eigenvalue weighted by Gasteiger charge is -2.32. The van der Waals surface area contributed by atoms with Gasteiger partial charge in [0.25, 0.3) is 0 Å². The van der Waals surface area contributed by atoms with Crippen LogP contribution in [0.4, 0.5) is 0 Å². The molecule has 2 aromatic rings. The van der Waals surface area contributed by atoms with Gasteiger partial charge in [-0.1, -0.05) is 25.1 Å². The van der Waals surface area contributed by atoms with Crippen molar-refractivity contribution in [2.24, 2.45) is 4.99 Å². The van der Waals surface area contributed by atoms with Gasteiger partial charge in [-0.05, 0) is 31.4 Å². The van der Waals surface area contributed by atoms with Crippen LogP contribution in [-0.4, -0.2) is 55.6 Å². The summed E-state index contributed by atoms with van der Waals surface area (Å²) in [4.78, 5) is 8.77. The molecule has 2 heterocycles. The number of hydrogen-bond donors (Lipinski definition) is 2. The fourth-order valence-electron chi connectivity index (χ4n) is 3.33. The molecule has 0 spiro atoms. The number of aliphatic imine (C=N–C) groups is 1. The molecule has 10 heteroatoms. The van der Waals surface area contributed by atoms with E-state index in [1.807, 2.05) is 37.3 Å². The first-order valence-electron chi connectivity index (χ1n) is 9.96. The van der Waals surface area contributed by atoms with Crippen molar-refractivity contribution in [1.29, 1.82) is 0 Å². The summed E-state index contributed by atoms with van der Waals surface area (Å²) in [5.41, 5.74) is 1.72. The molecule has 3 rings (SSSR count). The van der Waals surface area contributed by atoms with E-state index in [9.17, 15) is 8.42 Å². The van der Waals surface area contributed by atoms with Crippen LogP contribution in [0.2, 0.25) is 0 Å². The van der Waals surface area contributed by atoms with Gasteiger partial charge >= 0.3 is 0 Å². The zero-order valence-electron chi connectivity index (χ0n) is 17.4. The highest BCUT2D eigenvalue weighted by Gasteiger charge is 2.27. The summed E-state index contributed by atoms with van der Waals surface area (Å²) in [6.07, 6.45) is 3.79. The Bertz CT molecular complexity index is 910. The second-order valence-electron chi connectivity index (χ2n) is 7.07. The largest absolute Gasteiger partial charge is 0.444 e. The quantitative estimate of drug-likeness (QED) is 0.314. The van der Waals surface area contributed by atoms with Crippen molar-refractivity contribution in [3.8, 4) is 11.5 Å². The zero-order chi connectivity index (χ0) is 20.7. The molecule has 0 saturated carbocycles. The molecule has 1 aromatic carbocycles. The third-order valence-corrected chi connectivity index (χ3v) is 6.96. The summed E-state index contributed by atoms with van der Waals surface area (Å²) in [5.74, 6) is 1.48. The van der Waals surface area contributed by atoms with Crippen molar-refractivity contribution in [3.63, 3.8) is 0 Å². The third kappa shape index (κ3) is 6.67. The summed E-state index contributed by atoms with van der Waals surface area (Å²) in [6, 6.07) is 9.94. The maximum absolute atomic E-state index is 12.2. The highest BCUT2D eigenvalue weighted by atomic mass is 127. The number of aromatic nitrogens is 1. The predicted molar refractivity (Wildman–Crippen MR) is 129 cm³/mol. The second kappa shape index (κ2) is 11.7. The van der Waals surface area contributed by atoms with E-state index in [0.29, 0.717) is 37.9 Å². The molecule has 2 N–H and O–H groups in total. The molecule has 1 aliphatic heterocycles. The molecular weight excluding hydrogens is 517 g/mol. The Hall–Kier alpha value is -1.66. The van der Waals surface area contributed by atoms with E-state index < -0.39 is 10.0 Å². The van der Waals surface area contributed by atoms with E-state index in [1.54, 1.807) is 17.6 Å². The van der Waals surface area contributed by atoms with Crippen LogP contribution >= 0.6 is 24.0 Å². The number of sulfonamides is 1. The van der Waals surface area contributed by atoms with E-state index in [2.05, 4.69) is 20.6 Å². The molecule has 166 valence electrons. The van der Waals surface area contributed by atoms with Gasteiger partial charge in [-0.2, -0.15) is 0 Å². The fourth-order valence-corrected chi connectivity index (χ4v) is 4.87. The topological polar surface area (TPSA) is 99.8 Å². The van der Waals surface area contributed by atoms with Gasteiger partial charge in [-0.3, -0.25) is 4.99 Å². The van der Waals surface area contributed by atoms with Gasteiger partial charge in [0.05, 0.1) is 18.0 Å². The van der Waals surface area contributed by atoms with Gasteiger partial charge in [0.2, 0.25) is 15.9 Å². The summed E-state index contributed by atoms with van der Waals surface area (Å²) in [6.45, 7) is 3.46. The number of halogens is 1. The Morgan fingerprint density at radius 3 is 2.60 bits per heavy atom. The first-order chi connectivity index (χ1) is 14.0. The van der Waals surface area contributed by atoms with Crippen molar-refractivity contribution in [1.82, 2.24) is 19.9 Å². The SMILES string of the molecule is CCCS(=O)(=O)N1CCC(NC(=NC)NCc2coc(-c3ccccc3)n2)CC1.I. The Balaban J connectivity index is 0.00000320. The molecule has 0 amide bonds. The minimum Gasteiger partial charge on any atom is -0.444 e. The van der Waals surface area contributed by atoms with Gasteiger partial charge in [-0.15, -0.1) is 24.0 Å². The number of nitrogens with one attached hydrogen (secondary N) is 2. The molecule has 1 fully saturated rings. The Morgan fingerprint density at radius 2 is 1.97 bits per heavy atom. The van der Waals surface area contributed by atoms with Crippen molar-refractivity contribution >= 4 is 40.0 Å². The average Bonchev–Trinajstić information content (AvgIpc) is 3.21. The van der Waals surface area contributed by atoms with Crippen molar-refractivity contribution in [2.45, 2.75) is 38.8 Å². The lowest BCUT2D eigenvalue weighted by Crippen LogP contribution is -2.49. The van der Waals surface area contributed by atoms with Gasteiger partial charge in [0.1, 0.15) is 6.26 Å². The van der Waals surface area contributed by atoms with E-state index in [1.165, 1.54) is 0 Å². The summed E-state index contributed by atoms with van der Waals surface area (Å²) < 4.78 is 31.5. The van der Waals surface area contributed by atoms with Crippen LogP contribution in [0.15, 0.2) is 46.0 Å². The molecular formula is C20H30IN5O3S. The molecule has 1 saturated heterocycles. The van der Waals surface area contributed by atoms with Gasteiger partial charge in [-0.25, -0.2) is 17.7 Å². The van der Waals surface area contributed by atoms with Crippen molar-refractivity contribution in [2.75, 3.05) is 25.9 Å². The monoisotopic (exact) mass is 547 g/mol. The van der Waals surface area contributed by atoms with Crippen LogP contribution < -0.4 is 10.6 Å². The third-order valence-electron chi connectivity index (χ3n) is 4.88. The lowest BCUT2D eigenvalue weighted by molar-refractivity contribution is 0.306. The van der Waals surface area contributed by atoms with Crippen LogP contribution in [0.3, 0.4) is 0 Å². The van der Waals surface area contributed by atoms with Gasteiger partial charge in [0.15, 0.2) is 5.96 Å². The number of guanidine groups is 1. The van der Waals surface area contributed by atoms with Crippen LogP contribution in [0.25, 0.3) is 11.5 Å². The lowest BCUT2D eigenvalue weighted by atomic mass is 10.1. The number of oxazole rings is 1. The molecule has 0 atom stereocenters. The molecule has 1 aromatic heterocycles. The molecule has 1 aliphatic rings. The highest BCUT2D eigenvalue weighted by molar-refractivity contribution is 14.0. The van der Waals surface area contributed by atoms with Crippen LogP contribution in [-0.2, 0) is 16.6 Å². The molecule has 30 heavy (non-hydrogen) atoms. The number of benzene rings is 1. The normalized spacial score (nSPS) is 16.1. The first kappa shape index (κ1) is 24.6. The summed E-state index contributed by atoms with van der Waals surface area (Å²) in [7, 11) is -1.40. The molecule has 8 nitrogen and oxygen atoms in total. The molecule has 0 radical (unpaired) electrons. The Morgan fingerprint density at radius 1 is 1.27 bits per heavy atom. The van der Waals surface area contributed by atoms with E-state index in [4.69, 9.17) is 4.42 Å². The Kier molecular flexibility index (Phi) is 9.56. The summed E-state index contributed by atoms with van der Waals surface area (Å²) in [5, 5.41) is 6.62. The van der Waals surface area contributed by atoms with Crippen LogP contribution in [0.5, 0.6) is 0 Å². The van der Waals surface area contributed by atoms with E-state index in [-0.39, 0.29) is 35.8 Å². The number of nitrogens with zero attached hydrogens (tertiary/aromatic N) is 3. The molecule has 0 bridgehead atoms. The minimum atomic E-state index is -3.12. The van der Waals surface area contributed by atoms with Crippen molar-refractivity contribution < 1.29 is 12.8 Å². The Labute approximate surface area is 195 Å². The smallest absolute Gasteiger partial charge is 0.226 e. The van der Waals surface area contributed by atoms with Gasteiger partial charge < -0.3 is 15.1 Å². The van der Waals surface area contributed by atoms with E-state index >= 15 is 0 Å². The number of hydrogen-bond acceptors (Lipinski definition) is 5. The fraction of sp³-hybridized carbons (Fsp3) is 0.500. The minimum absolute atomic E-state index is 0. The maximum atomic E-state index is 12.2. The molecule has 0 aliphatic carbocycles. The number of piperidine rings is 1. The van der Waals surface area contributed by atoms with Crippen molar-refractivity contribution in [3.05, 3.63) is 42.3 Å². The first-order valence-corrected chi connectivity index (χ1v) is 11.6.